The summed E-state index contributed by atoms with van der Waals surface area (Å²) in [5.41, 5.74) is 2.42. The molecule has 0 bridgehead atoms. The molecule has 2 atom stereocenters. The van der Waals surface area contributed by atoms with Crippen LogP contribution < -0.4 is 4.74 Å². The quantitative estimate of drug-likeness (QED) is 0.795. The van der Waals surface area contributed by atoms with Crippen LogP contribution >= 0.6 is 0 Å². The van der Waals surface area contributed by atoms with Gasteiger partial charge in [0.1, 0.15) is 11.9 Å². The maximum Gasteiger partial charge on any atom is 0.124 e. The molecule has 0 radical (unpaired) electrons. The summed E-state index contributed by atoms with van der Waals surface area (Å²) in [5.74, 6) is 0.897. The van der Waals surface area contributed by atoms with Gasteiger partial charge in [0.15, 0.2) is 0 Å². The second-order valence-electron chi connectivity index (χ2n) is 5.19. The predicted molar refractivity (Wildman–Crippen MR) is 69.4 cm³/mol. The zero-order valence-electron chi connectivity index (χ0n) is 10.8. The third kappa shape index (κ3) is 3.47. The van der Waals surface area contributed by atoms with Crippen molar-refractivity contribution in [3.05, 3.63) is 29.3 Å². The highest BCUT2D eigenvalue weighted by Crippen LogP contribution is 2.24. The van der Waals surface area contributed by atoms with Crippen molar-refractivity contribution in [2.75, 3.05) is 0 Å². The van der Waals surface area contributed by atoms with E-state index in [1.54, 1.807) is 0 Å². The molecule has 1 aromatic rings. The van der Waals surface area contributed by atoms with Crippen molar-refractivity contribution in [2.24, 2.45) is 0 Å². The first-order valence-electron chi connectivity index (χ1n) is 6.58. The van der Waals surface area contributed by atoms with Crippen molar-refractivity contribution >= 4 is 0 Å². The second-order valence-corrected chi connectivity index (χ2v) is 5.19. The van der Waals surface area contributed by atoms with Gasteiger partial charge in [-0.2, -0.15) is 0 Å². The molecular weight excluding hydrogens is 212 g/mol. The topological polar surface area (TPSA) is 29.5 Å². The first-order valence-corrected chi connectivity index (χ1v) is 6.58. The van der Waals surface area contributed by atoms with Crippen LogP contribution in [-0.2, 0) is 0 Å². The molecule has 1 saturated carbocycles. The van der Waals surface area contributed by atoms with Gasteiger partial charge in [-0.25, -0.2) is 0 Å². The van der Waals surface area contributed by atoms with Gasteiger partial charge in [0.25, 0.3) is 0 Å². The van der Waals surface area contributed by atoms with Crippen LogP contribution in [0.15, 0.2) is 18.2 Å². The summed E-state index contributed by atoms with van der Waals surface area (Å²) < 4.78 is 5.96. The van der Waals surface area contributed by atoms with E-state index in [0.29, 0.717) is 0 Å². The average molecular weight is 234 g/mol. The lowest BCUT2D eigenvalue weighted by Crippen LogP contribution is -2.30. The van der Waals surface area contributed by atoms with Crippen molar-refractivity contribution in [3.63, 3.8) is 0 Å². The Morgan fingerprint density at radius 1 is 1.00 bits per heavy atom. The van der Waals surface area contributed by atoms with E-state index in [0.717, 1.165) is 31.4 Å². The number of hydrogen-bond donors (Lipinski definition) is 1. The van der Waals surface area contributed by atoms with Gasteiger partial charge in [-0.1, -0.05) is 18.9 Å². The zero-order valence-corrected chi connectivity index (χ0v) is 10.8. The van der Waals surface area contributed by atoms with Crippen LogP contribution in [0.1, 0.15) is 43.2 Å². The van der Waals surface area contributed by atoms with Crippen molar-refractivity contribution in [1.29, 1.82) is 0 Å². The van der Waals surface area contributed by atoms with E-state index in [1.165, 1.54) is 17.5 Å². The number of aryl methyl sites for hydroxylation is 2. The van der Waals surface area contributed by atoms with E-state index in [2.05, 4.69) is 19.9 Å². The fourth-order valence-electron chi connectivity index (χ4n) is 2.57. The number of ether oxygens (including phenoxy) is 1. The molecule has 2 nitrogen and oxygen atoms in total. The molecule has 1 aromatic carbocycles. The lowest BCUT2D eigenvalue weighted by atomic mass is 10.1. The number of aliphatic hydroxyl groups excluding tert-OH is 1. The molecule has 1 N–H and O–H groups in total. The smallest absolute Gasteiger partial charge is 0.124 e. The lowest BCUT2D eigenvalue weighted by molar-refractivity contribution is 0.0319. The van der Waals surface area contributed by atoms with Crippen LogP contribution in [0.25, 0.3) is 0 Å². The van der Waals surface area contributed by atoms with Gasteiger partial charge >= 0.3 is 0 Å². The van der Waals surface area contributed by atoms with Crippen LogP contribution in [0.5, 0.6) is 5.75 Å². The van der Waals surface area contributed by atoms with E-state index in [1.807, 2.05) is 12.1 Å². The molecule has 0 saturated heterocycles. The summed E-state index contributed by atoms with van der Waals surface area (Å²) >= 11 is 0. The standard InChI is InChI=1S/C15H22O2/c1-11-8-12(2)10-13(9-11)17-15-7-5-3-4-6-14(15)16/h8-10,14-16H,3-7H2,1-2H3. The summed E-state index contributed by atoms with van der Waals surface area (Å²) in [7, 11) is 0. The number of rotatable bonds is 2. The van der Waals surface area contributed by atoms with Crippen LogP contribution in [0.2, 0.25) is 0 Å². The molecule has 0 spiro atoms. The summed E-state index contributed by atoms with van der Waals surface area (Å²) in [6, 6.07) is 6.23. The molecule has 2 heteroatoms. The molecule has 0 amide bonds. The van der Waals surface area contributed by atoms with Gasteiger partial charge in [-0.05, 0) is 56.4 Å². The molecule has 1 aliphatic rings. The van der Waals surface area contributed by atoms with Crippen LogP contribution in [0.3, 0.4) is 0 Å². The molecule has 0 heterocycles. The van der Waals surface area contributed by atoms with Gasteiger partial charge < -0.3 is 9.84 Å². The second kappa shape index (κ2) is 5.54. The zero-order chi connectivity index (χ0) is 12.3. The van der Waals surface area contributed by atoms with Crippen molar-refractivity contribution in [3.8, 4) is 5.75 Å². The minimum absolute atomic E-state index is 0.0290. The first-order chi connectivity index (χ1) is 8.15. The molecule has 17 heavy (non-hydrogen) atoms. The molecule has 0 aromatic heterocycles. The lowest BCUT2D eigenvalue weighted by Gasteiger charge is -2.22. The molecule has 1 fully saturated rings. The Balaban J connectivity index is 2.07. The van der Waals surface area contributed by atoms with Crippen molar-refractivity contribution < 1.29 is 9.84 Å². The molecule has 2 unspecified atom stereocenters. The molecular formula is C15H22O2. The van der Waals surface area contributed by atoms with Crippen molar-refractivity contribution in [2.45, 2.75) is 58.2 Å². The number of aliphatic hydroxyl groups is 1. The van der Waals surface area contributed by atoms with E-state index in [9.17, 15) is 5.11 Å². The Hall–Kier alpha value is -1.02. The number of benzene rings is 1. The van der Waals surface area contributed by atoms with Gasteiger partial charge in [0, 0.05) is 0 Å². The first kappa shape index (κ1) is 12.4. The van der Waals surface area contributed by atoms with E-state index in [-0.39, 0.29) is 12.2 Å². The van der Waals surface area contributed by atoms with Crippen LogP contribution in [0, 0.1) is 13.8 Å². The summed E-state index contributed by atoms with van der Waals surface area (Å²) in [6.45, 7) is 4.15. The maximum absolute atomic E-state index is 10.0. The summed E-state index contributed by atoms with van der Waals surface area (Å²) in [4.78, 5) is 0. The normalized spacial score (nSPS) is 25.4. The predicted octanol–water partition coefficient (Wildman–Crippen LogP) is 3.38. The van der Waals surface area contributed by atoms with Gasteiger partial charge in [-0.3, -0.25) is 0 Å². The Bertz CT molecular complexity index is 353. The highest BCUT2D eigenvalue weighted by Gasteiger charge is 2.23. The maximum atomic E-state index is 10.0. The van der Waals surface area contributed by atoms with Crippen LogP contribution in [-0.4, -0.2) is 17.3 Å². The highest BCUT2D eigenvalue weighted by molar-refractivity contribution is 5.33. The number of hydrogen-bond acceptors (Lipinski definition) is 2. The van der Waals surface area contributed by atoms with Crippen molar-refractivity contribution in [1.82, 2.24) is 0 Å². The molecule has 1 aliphatic carbocycles. The van der Waals surface area contributed by atoms with E-state index >= 15 is 0 Å². The summed E-state index contributed by atoms with van der Waals surface area (Å²) in [5, 5.41) is 10.0. The highest BCUT2D eigenvalue weighted by atomic mass is 16.5. The molecule has 2 rings (SSSR count). The van der Waals surface area contributed by atoms with E-state index in [4.69, 9.17) is 4.74 Å². The Morgan fingerprint density at radius 3 is 2.35 bits per heavy atom. The Morgan fingerprint density at radius 2 is 1.65 bits per heavy atom. The Labute approximate surface area is 104 Å². The third-order valence-electron chi connectivity index (χ3n) is 3.40. The summed E-state index contributed by atoms with van der Waals surface area (Å²) in [6.07, 6.45) is 4.99. The molecule has 0 aliphatic heterocycles. The SMILES string of the molecule is Cc1cc(C)cc(OC2CCCCCC2O)c1. The fourth-order valence-corrected chi connectivity index (χ4v) is 2.57. The van der Waals surface area contributed by atoms with Gasteiger partial charge in [0.05, 0.1) is 6.10 Å². The van der Waals surface area contributed by atoms with Gasteiger partial charge in [-0.15, -0.1) is 0 Å². The molecule has 94 valence electrons. The van der Waals surface area contributed by atoms with E-state index < -0.39 is 0 Å². The third-order valence-corrected chi connectivity index (χ3v) is 3.40. The average Bonchev–Trinajstić information content (AvgIpc) is 2.43. The fraction of sp³-hybridized carbons (Fsp3) is 0.600. The minimum atomic E-state index is -0.307. The largest absolute Gasteiger partial charge is 0.488 e. The van der Waals surface area contributed by atoms with Crippen LogP contribution in [0.4, 0.5) is 0 Å². The monoisotopic (exact) mass is 234 g/mol. The minimum Gasteiger partial charge on any atom is -0.488 e. The van der Waals surface area contributed by atoms with Gasteiger partial charge in [0.2, 0.25) is 0 Å². The Kier molecular flexibility index (Phi) is 4.06.